The molecule has 1 aliphatic carbocycles. The van der Waals surface area contributed by atoms with Gasteiger partial charge in [-0.1, -0.05) is 0 Å². The van der Waals surface area contributed by atoms with E-state index in [-0.39, 0.29) is 12.1 Å². The van der Waals surface area contributed by atoms with Crippen molar-refractivity contribution in [2.75, 3.05) is 6.54 Å². The van der Waals surface area contributed by atoms with Crippen LogP contribution in [0.25, 0.3) is 0 Å². The third-order valence-electron chi connectivity index (χ3n) is 2.90. The predicted octanol–water partition coefficient (Wildman–Crippen LogP) is 2.03. The molecule has 0 atom stereocenters. The summed E-state index contributed by atoms with van der Waals surface area (Å²) in [4.78, 5) is 11.5. The number of nitrogens with two attached hydrogens (primary N) is 1. The van der Waals surface area contributed by atoms with Crippen LogP contribution in [0.1, 0.15) is 46.5 Å². The van der Waals surface area contributed by atoms with E-state index < -0.39 is 5.60 Å². The van der Waals surface area contributed by atoms with Crippen molar-refractivity contribution in [3.05, 3.63) is 0 Å². The standard InChI is InChI=1S/C12H24N2O2/c1-12(2,3)16-11(15)14-10-6-4-9(8-13)5-7-10/h9-10H,4-8,13H2,1-3H3,(H,14,15). The highest BCUT2D eigenvalue weighted by Gasteiger charge is 2.23. The van der Waals surface area contributed by atoms with Crippen LogP contribution < -0.4 is 11.1 Å². The van der Waals surface area contributed by atoms with E-state index in [0.29, 0.717) is 5.92 Å². The highest BCUT2D eigenvalue weighted by Crippen LogP contribution is 2.23. The minimum atomic E-state index is -0.418. The van der Waals surface area contributed by atoms with Gasteiger partial charge in [0.1, 0.15) is 5.60 Å². The number of carbonyl (C=O) groups is 1. The van der Waals surface area contributed by atoms with Gasteiger partial charge in [-0.15, -0.1) is 0 Å². The molecule has 0 spiro atoms. The zero-order valence-corrected chi connectivity index (χ0v) is 10.6. The maximum absolute atomic E-state index is 11.5. The molecule has 16 heavy (non-hydrogen) atoms. The number of hydrogen-bond donors (Lipinski definition) is 2. The number of alkyl carbamates (subject to hydrolysis) is 1. The van der Waals surface area contributed by atoms with Crippen LogP contribution >= 0.6 is 0 Å². The monoisotopic (exact) mass is 228 g/mol. The molecule has 0 aromatic carbocycles. The zero-order valence-electron chi connectivity index (χ0n) is 10.6. The highest BCUT2D eigenvalue weighted by atomic mass is 16.6. The number of amides is 1. The van der Waals surface area contributed by atoms with E-state index in [9.17, 15) is 4.79 Å². The number of rotatable bonds is 2. The molecule has 0 radical (unpaired) electrons. The Balaban J connectivity index is 2.26. The lowest BCUT2D eigenvalue weighted by Crippen LogP contribution is -2.41. The van der Waals surface area contributed by atoms with Gasteiger partial charge in [-0.2, -0.15) is 0 Å². The fraction of sp³-hybridized carbons (Fsp3) is 0.917. The van der Waals surface area contributed by atoms with Crippen molar-refractivity contribution < 1.29 is 9.53 Å². The van der Waals surface area contributed by atoms with Gasteiger partial charge in [-0.3, -0.25) is 0 Å². The third kappa shape index (κ3) is 4.84. The molecule has 0 bridgehead atoms. The van der Waals surface area contributed by atoms with Gasteiger partial charge < -0.3 is 15.8 Å². The Morgan fingerprint density at radius 2 is 1.88 bits per heavy atom. The van der Waals surface area contributed by atoms with Crippen molar-refractivity contribution in [2.45, 2.75) is 58.1 Å². The molecular formula is C12H24N2O2. The van der Waals surface area contributed by atoms with Gasteiger partial charge in [0.15, 0.2) is 0 Å². The van der Waals surface area contributed by atoms with Gasteiger partial charge in [-0.05, 0) is 58.9 Å². The van der Waals surface area contributed by atoms with Crippen molar-refractivity contribution in [2.24, 2.45) is 11.7 Å². The average molecular weight is 228 g/mol. The molecule has 4 heteroatoms. The van der Waals surface area contributed by atoms with Gasteiger partial charge in [-0.25, -0.2) is 4.79 Å². The normalized spacial score (nSPS) is 26.2. The van der Waals surface area contributed by atoms with E-state index in [1.54, 1.807) is 0 Å². The number of hydrogen-bond acceptors (Lipinski definition) is 3. The summed E-state index contributed by atoms with van der Waals surface area (Å²) in [5.74, 6) is 0.636. The van der Waals surface area contributed by atoms with Crippen LogP contribution in [0.5, 0.6) is 0 Å². The summed E-state index contributed by atoms with van der Waals surface area (Å²) in [5.41, 5.74) is 5.20. The number of ether oxygens (including phenoxy) is 1. The second-order valence-corrected chi connectivity index (χ2v) is 5.60. The fourth-order valence-corrected chi connectivity index (χ4v) is 2.02. The van der Waals surface area contributed by atoms with Gasteiger partial charge in [0.2, 0.25) is 0 Å². The molecule has 0 aromatic heterocycles. The Hall–Kier alpha value is -0.770. The van der Waals surface area contributed by atoms with Crippen LogP contribution in [-0.4, -0.2) is 24.3 Å². The lowest BCUT2D eigenvalue weighted by molar-refractivity contribution is 0.0488. The lowest BCUT2D eigenvalue weighted by Gasteiger charge is -2.29. The number of carbonyl (C=O) groups excluding carboxylic acids is 1. The van der Waals surface area contributed by atoms with E-state index in [4.69, 9.17) is 10.5 Å². The van der Waals surface area contributed by atoms with E-state index in [1.165, 1.54) is 0 Å². The van der Waals surface area contributed by atoms with Gasteiger partial charge >= 0.3 is 6.09 Å². The minimum Gasteiger partial charge on any atom is -0.444 e. The molecule has 0 saturated heterocycles. The zero-order chi connectivity index (χ0) is 12.2. The summed E-state index contributed by atoms with van der Waals surface area (Å²) in [7, 11) is 0. The first-order chi connectivity index (χ1) is 7.40. The molecular weight excluding hydrogens is 204 g/mol. The fourth-order valence-electron chi connectivity index (χ4n) is 2.02. The molecule has 4 nitrogen and oxygen atoms in total. The third-order valence-corrected chi connectivity index (χ3v) is 2.90. The molecule has 0 unspecified atom stereocenters. The van der Waals surface area contributed by atoms with Crippen molar-refractivity contribution in [3.63, 3.8) is 0 Å². The van der Waals surface area contributed by atoms with Crippen molar-refractivity contribution in [1.29, 1.82) is 0 Å². The van der Waals surface area contributed by atoms with Gasteiger partial charge in [0, 0.05) is 6.04 Å². The van der Waals surface area contributed by atoms with Crippen LogP contribution in [0.2, 0.25) is 0 Å². The second kappa shape index (κ2) is 5.53. The van der Waals surface area contributed by atoms with E-state index in [2.05, 4.69) is 5.32 Å². The van der Waals surface area contributed by atoms with Crippen molar-refractivity contribution in [1.82, 2.24) is 5.32 Å². The Morgan fingerprint density at radius 1 is 1.31 bits per heavy atom. The maximum atomic E-state index is 11.5. The molecule has 1 saturated carbocycles. The predicted molar refractivity (Wildman–Crippen MR) is 64.2 cm³/mol. The molecule has 1 fully saturated rings. The van der Waals surface area contributed by atoms with E-state index >= 15 is 0 Å². The van der Waals surface area contributed by atoms with E-state index in [1.807, 2.05) is 20.8 Å². The topological polar surface area (TPSA) is 64.3 Å². The Bertz CT molecular complexity index is 228. The summed E-state index contributed by atoms with van der Waals surface area (Å²) in [5, 5.41) is 2.92. The summed E-state index contributed by atoms with van der Waals surface area (Å²) in [6, 6.07) is 0.262. The lowest BCUT2D eigenvalue weighted by atomic mass is 9.86. The Labute approximate surface area is 97.9 Å². The summed E-state index contributed by atoms with van der Waals surface area (Å²) in [6.07, 6.45) is 3.94. The molecule has 3 N–H and O–H groups in total. The number of nitrogens with one attached hydrogen (secondary N) is 1. The van der Waals surface area contributed by atoms with Gasteiger partial charge in [0.05, 0.1) is 0 Å². The van der Waals surface area contributed by atoms with Crippen LogP contribution in [0.4, 0.5) is 4.79 Å². The molecule has 1 amide bonds. The largest absolute Gasteiger partial charge is 0.444 e. The van der Waals surface area contributed by atoms with Crippen LogP contribution in [-0.2, 0) is 4.74 Å². The summed E-state index contributed by atoms with van der Waals surface area (Å²) < 4.78 is 5.22. The van der Waals surface area contributed by atoms with Gasteiger partial charge in [0.25, 0.3) is 0 Å². The molecule has 1 rings (SSSR count). The van der Waals surface area contributed by atoms with Crippen molar-refractivity contribution >= 4 is 6.09 Å². The SMILES string of the molecule is CC(C)(C)OC(=O)NC1CCC(CN)CC1. The van der Waals surface area contributed by atoms with Crippen molar-refractivity contribution in [3.8, 4) is 0 Å². The quantitative estimate of drug-likeness (QED) is 0.760. The first kappa shape index (κ1) is 13.3. The van der Waals surface area contributed by atoms with Crippen LogP contribution in [0.15, 0.2) is 0 Å². The summed E-state index contributed by atoms with van der Waals surface area (Å²) in [6.45, 7) is 6.38. The smallest absolute Gasteiger partial charge is 0.407 e. The first-order valence-electron chi connectivity index (χ1n) is 6.10. The summed E-state index contributed by atoms with van der Waals surface area (Å²) >= 11 is 0. The first-order valence-corrected chi connectivity index (χ1v) is 6.10. The molecule has 0 aliphatic heterocycles. The highest BCUT2D eigenvalue weighted by molar-refractivity contribution is 5.68. The Morgan fingerprint density at radius 3 is 2.31 bits per heavy atom. The molecule has 1 aliphatic rings. The Kier molecular flexibility index (Phi) is 4.59. The molecule has 0 heterocycles. The average Bonchev–Trinajstić information content (AvgIpc) is 2.16. The minimum absolute atomic E-state index is 0.262. The molecule has 94 valence electrons. The van der Waals surface area contributed by atoms with Crippen LogP contribution in [0.3, 0.4) is 0 Å². The van der Waals surface area contributed by atoms with E-state index in [0.717, 1.165) is 32.2 Å². The van der Waals surface area contributed by atoms with Crippen LogP contribution in [0, 0.1) is 5.92 Å². The second-order valence-electron chi connectivity index (χ2n) is 5.60. The maximum Gasteiger partial charge on any atom is 0.407 e. The molecule has 0 aromatic rings.